The minimum atomic E-state index is -0.983. The molecule has 1 aliphatic rings. The molecule has 0 saturated carbocycles. The van der Waals surface area contributed by atoms with Crippen molar-refractivity contribution in [1.29, 1.82) is 0 Å². The molecule has 0 unspecified atom stereocenters. The van der Waals surface area contributed by atoms with E-state index in [0.717, 1.165) is 6.07 Å². The van der Waals surface area contributed by atoms with E-state index < -0.39 is 41.4 Å². The Hall–Kier alpha value is -5.93. The summed E-state index contributed by atoms with van der Waals surface area (Å²) < 4.78 is 45.0. The Morgan fingerprint density at radius 1 is 0.880 bits per heavy atom. The fourth-order valence-electron chi connectivity index (χ4n) is 5.71. The lowest BCUT2D eigenvalue weighted by molar-refractivity contribution is -0.133. The summed E-state index contributed by atoms with van der Waals surface area (Å²) in [5.74, 6) is -0.601. The Morgan fingerprint density at radius 3 is 2.20 bits per heavy atom. The van der Waals surface area contributed by atoms with Gasteiger partial charge in [0.1, 0.15) is 29.2 Å². The standard InChI is InChI=1S/C34H37F2N7O7/c1-20(37-34(47)50-5)31(44)40-14-16-41(17-15-40)43-30(39-27-12-8-23(36)18-26(27)32(43)45)21(2)42(28-13-11-25(48-3)19-29(28)49-4)33(46)38-24-9-6-22(35)7-10-24/h6-13,18-21H,14-17H2,1-5H3,(H,37,47)(H,38,46)/t20-,21-/m0/s1. The van der Waals surface area contributed by atoms with Crippen LogP contribution in [0.3, 0.4) is 0 Å². The van der Waals surface area contributed by atoms with Gasteiger partial charge in [-0.05, 0) is 68.4 Å². The van der Waals surface area contributed by atoms with Gasteiger partial charge in [-0.15, -0.1) is 0 Å². The van der Waals surface area contributed by atoms with Crippen LogP contribution in [0.5, 0.6) is 11.5 Å². The summed E-state index contributed by atoms with van der Waals surface area (Å²) in [6, 6.07) is 11.2. The number of alkyl carbamates (subject to hydrolysis) is 1. The van der Waals surface area contributed by atoms with E-state index in [9.17, 15) is 28.0 Å². The zero-order chi connectivity index (χ0) is 36.1. The number of nitrogens with zero attached hydrogens (tertiary/aromatic N) is 5. The maximum Gasteiger partial charge on any atom is 0.407 e. The zero-order valence-electron chi connectivity index (χ0n) is 28.1. The number of fused-ring (bicyclic) bond motifs is 1. The van der Waals surface area contributed by atoms with Crippen molar-refractivity contribution in [3.63, 3.8) is 0 Å². The Bertz CT molecular complexity index is 1950. The van der Waals surface area contributed by atoms with Crippen molar-refractivity contribution in [2.45, 2.75) is 25.9 Å². The highest BCUT2D eigenvalue weighted by Gasteiger charge is 2.33. The number of ether oxygens (including phenoxy) is 3. The van der Waals surface area contributed by atoms with Gasteiger partial charge in [-0.2, -0.15) is 0 Å². The van der Waals surface area contributed by atoms with E-state index in [1.54, 1.807) is 35.0 Å². The Balaban J connectivity index is 1.58. The molecule has 5 rings (SSSR count). The third-order valence-electron chi connectivity index (χ3n) is 8.30. The van der Waals surface area contributed by atoms with Crippen molar-refractivity contribution in [1.82, 2.24) is 19.9 Å². The minimum Gasteiger partial charge on any atom is -0.497 e. The molecule has 0 radical (unpaired) electrons. The molecule has 0 aliphatic carbocycles. The smallest absolute Gasteiger partial charge is 0.407 e. The molecule has 264 valence electrons. The summed E-state index contributed by atoms with van der Waals surface area (Å²) in [4.78, 5) is 60.8. The number of nitrogens with one attached hydrogen (secondary N) is 2. The van der Waals surface area contributed by atoms with Crippen molar-refractivity contribution in [2.75, 3.05) is 62.7 Å². The van der Waals surface area contributed by atoms with Crippen LogP contribution in [0.2, 0.25) is 0 Å². The number of urea groups is 1. The molecule has 1 fully saturated rings. The fourth-order valence-corrected chi connectivity index (χ4v) is 5.71. The summed E-state index contributed by atoms with van der Waals surface area (Å²) in [5.41, 5.74) is 0.212. The zero-order valence-corrected chi connectivity index (χ0v) is 28.1. The van der Waals surface area contributed by atoms with E-state index in [0.29, 0.717) is 17.1 Å². The Kier molecular flexibility index (Phi) is 10.7. The van der Waals surface area contributed by atoms with Crippen molar-refractivity contribution < 1.29 is 37.4 Å². The van der Waals surface area contributed by atoms with Gasteiger partial charge in [0.25, 0.3) is 5.56 Å². The highest BCUT2D eigenvalue weighted by Crippen LogP contribution is 2.37. The van der Waals surface area contributed by atoms with Crippen molar-refractivity contribution >= 4 is 40.3 Å². The van der Waals surface area contributed by atoms with E-state index in [4.69, 9.17) is 14.5 Å². The summed E-state index contributed by atoms with van der Waals surface area (Å²) in [6.07, 6.45) is -0.745. The first kappa shape index (κ1) is 35.4. The molecule has 1 aromatic heterocycles. The summed E-state index contributed by atoms with van der Waals surface area (Å²) in [7, 11) is 4.11. The lowest BCUT2D eigenvalue weighted by Gasteiger charge is -2.39. The van der Waals surface area contributed by atoms with Crippen LogP contribution in [0.4, 0.5) is 29.7 Å². The van der Waals surface area contributed by atoms with E-state index in [-0.39, 0.29) is 54.6 Å². The van der Waals surface area contributed by atoms with Crippen LogP contribution < -0.4 is 35.6 Å². The van der Waals surface area contributed by atoms with E-state index in [1.807, 2.05) is 0 Å². The largest absolute Gasteiger partial charge is 0.497 e. The van der Waals surface area contributed by atoms with Crippen LogP contribution in [0.15, 0.2) is 65.5 Å². The summed E-state index contributed by atoms with van der Waals surface area (Å²) in [6.45, 7) is 3.88. The van der Waals surface area contributed by atoms with Gasteiger partial charge in [0.05, 0.1) is 57.1 Å². The number of hydrogen-bond donors (Lipinski definition) is 2. The molecule has 1 aliphatic heterocycles. The lowest BCUT2D eigenvalue weighted by atomic mass is 10.1. The third kappa shape index (κ3) is 7.38. The molecule has 16 heteroatoms. The number of halogens is 2. The minimum absolute atomic E-state index is 0.0136. The monoisotopic (exact) mass is 693 g/mol. The second-order valence-corrected chi connectivity index (χ2v) is 11.4. The molecule has 2 N–H and O–H groups in total. The molecular weight excluding hydrogens is 656 g/mol. The fraction of sp³-hybridized carbons (Fsp3) is 0.324. The van der Waals surface area contributed by atoms with Crippen LogP contribution >= 0.6 is 0 Å². The van der Waals surface area contributed by atoms with Crippen molar-refractivity contribution in [2.24, 2.45) is 0 Å². The van der Waals surface area contributed by atoms with E-state index in [2.05, 4.69) is 15.4 Å². The van der Waals surface area contributed by atoms with Crippen LogP contribution in [0.25, 0.3) is 10.9 Å². The van der Waals surface area contributed by atoms with E-state index >= 15 is 0 Å². The number of anilines is 2. The molecule has 50 heavy (non-hydrogen) atoms. The van der Waals surface area contributed by atoms with Gasteiger partial charge in [-0.25, -0.2) is 28.0 Å². The van der Waals surface area contributed by atoms with Gasteiger partial charge < -0.3 is 34.8 Å². The summed E-state index contributed by atoms with van der Waals surface area (Å²) in [5, 5.41) is 6.92. The molecule has 4 amide bonds. The van der Waals surface area contributed by atoms with Crippen molar-refractivity contribution in [3.8, 4) is 11.5 Å². The molecule has 2 atom stereocenters. The summed E-state index contributed by atoms with van der Waals surface area (Å²) >= 11 is 0. The first-order chi connectivity index (χ1) is 23.9. The first-order valence-corrected chi connectivity index (χ1v) is 15.6. The molecule has 14 nitrogen and oxygen atoms in total. The van der Waals surface area contributed by atoms with Crippen LogP contribution in [-0.2, 0) is 9.53 Å². The van der Waals surface area contributed by atoms with Crippen LogP contribution in [0.1, 0.15) is 25.7 Å². The maximum absolute atomic E-state index is 14.4. The molecule has 4 aromatic rings. The van der Waals surface area contributed by atoms with Gasteiger partial charge >= 0.3 is 12.1 Å². The second kappa shape index (κ2) is 15.1. The van der Waals surface area contributed by atoms with Gasteiger partial charge in [-0.1, -0.05) is 0 Å². The number of aromatic nitrogens is 2. The van der Waals surface area contributed by atoms with Crippen molar-refractivity contribution in [3.05, 3.63) is 88.5 Å². The molecule has 1 saturated heterocycles. The number of piperazine rings is 1. The van der Waals surface area contributed by atoms with Gasteiger partial charge in [-0.3, -0.25) is 14.5 Å². The number of carbonyl (C=O) groups is 3. The quantitative estimate of drug-likeness (QED) is 0.265. The van der Waals surface area contributed by atoms with Crippen LogP contribution in [-0.4, -0.2) is 86.1 Å². The average Bonchev–Trinajstić information content (AvgIpc) is 3.12. The van der Waals surface area contributed by atoms with Crippen LogP contribution in [0, 0.1) is 11.6 Å². The molecular formula is C34H37F2N7O7. The number of methoxy groups -OCH3 is 3. The predicted molar refractivity (Wildman–Crippen MR) is 181 cm³/mol. The highest BCUT2D eigenvalue weighted by atomic mass is 19.1. The molecule has 2 heterocycles. The number of hydrogen-bond acceptors (Lipinski definition) is 9. The highest BCUT2D eigenvalue weighted by molar-refractivity contribution is 6.03. The first-order valence-electron chi connectivity index (χ1n) is 15.6. The van der Waals surface area contributed by atoms with Gasteiger partial charge in [0.2, 0.25) is 5.91 Å². The average molecular weight is 694 g/mol. The van der Waals surface area contributed by atoms with Gasteiger partial charge in [0, 0.05) is 24.8 Å². The number of rotatable bonds is 9. The molecule has 3 aromatic carbocycles. The second-order valence-electron chi connectivity index (χ2n) is 11.4. The SMILES string of the molecule is COC(=O)N[C@@H](C)C(=O)N1CCN(n2c([C@H](C)N(C(=O)Nc3ccc(F)cc3)c3ccc(OC)cc3OC)nc3ccc(F)cc3c2=O)CC1. The normalized spacial score (nSPS) is 14.1. The number of carbonyl (C=O) groups excluding carboxylic acids is 3. The Labute approximate surface area is 286 Å². The van der Waals surface area contributed by atoms with Gasteiger partial charge in [0.15, 0.2) is 5.82 Å². The lowest BCUT2D eigenvalue weighted by Crippen LogP contribution is -2.59. The van der Waals surface area contributed by atoms with E-state index in [1.165, 1.54) is 74.2 Å². The maximum atomic E-state index is 14.4. The third-order valence-corrected chi connectivity index (χ3v) is 8.30. The predicted octanol–water partition coefficient (Wildman–Crippen LogP) is 4.02. The molecule has 0 spiro atoms. The number of benzene rings is 3. The molecule has 0 bridgehead atoms. The number of amides is 4. The topological polar surface area (TPSA) is 148 Å². The Morgan fingerprint density at radius 2 is 1.56 bits per heavy atom.